The van der Waals surface area contributed by atoms with Crippen LogP contribution in [-0.4, -0.2) is 57.1 Å². The van der Waals surface area contributed by atoms with Gasteiger partial charge in [0.05, 0.1) is 11.3 Å². The molecule has 0 spiro atoms. The first-order valence-electron chi connectivity index (χ1n) is 14.5. The molecule has 0 unspecified atom stereocenters. The predicted molar refractivity (Wildman–Crippen MR) is 154 cm³/mol. The topological polar surface area (TPSA) is 124 Å². The zero-order valence-corrected chi connectivity index (χ0v) is 25.2. The van der Waals surface area contributed by atoms with E-state index in [-0.39, 0.29) is 22.1 Å². The monoisotopic (exact) mass is 581 g/mol. The summed E-state index contributed by atoms with van der Waals surface area (Å²) in [7, 11) is -2.50. The van der Waals surface area contributed by atoms with E-state index in [2.05, 4.69) is 40.6 Å². The molecule has 12 heteroatoms. The molecule has 3 aliphatic carbocycles. The number of hydrogen-bond donors (Lipinski definition) is 1. The number of amides is 1. The molecule has 2 bridgehead atoms. The van der Waals surface area contributed by atoms with E-state index < -0.39 is 15.9 Å². The van der Waals surface area contributed by atoms with E-state index >= 15 is 0 Å². The number of hydrogen-bond acceptors (Lipinski definition) is 8. The van der Waals surface area contributed by atoms with Crippen LogP contribution in [0, 0.1) is 24.7 Å². The number of nitrogens with one attached hydrogen (secondary N) is 1. The van der Waals surface area contributed by atoms with E-state index in [9.17, 15) is 13.2 Å². The van der Waals surface area contributed by atoms with E-state index in [0.717, 1.165) is 18.8 Å². The average Bonchev–Trinajstić information content (AvgIpc) is 3.60. The number of carbonyl (C=O) groups excluding carboxylic acids is 1. The minimum Gasteiger partial charge on any atom is -0.473 e. The van der Waals surface area contributed by atoms with Gasteiger partial charge in [0.15, 0.2) is 5.82 Å². The molecule has 3 saturated carbocycles. The predicted octanol–water partition coefficient (Wildman–Crippen LogP) is 4.01. The van der Waals surface area contributed by atoms with Gasteiger partial charge in [-0.1, -0.05) is 6.92 Å². The standard InChI is InChI=1S/C29H39N7O4S/c1-18-15-29(3,4)35(16-18)27-22(28(37)33-41(38,39)24-17-34(5)31-19(24)2)10-11-25(30-27)36-13-12-26(32-36)40-23-14-20-6-8-21(23)9-7-20/h10-13,17-18,20-21,23H,6-9,14-16H2,1-5H3,(H,33,37)/t18-,20?,21?,23+/m0/s1. The number of anilines is 1. The Hall–Kier alpha value is -3.41. The molecular weight excluding hydrogens is 542 g/mol. The van der Waals surface area contributed by atoms with Crippen LogP contribution < -0.4 is 14.4 Å². The molecule has 41 heavy (non-hydrogen) atoms. The van der Waals surface area contributed by atoms with Crippen molar-refractivity contribution in [1.82, 2.24) is 29.3 Å². The molecule has 4 aliphatic rings. The summed E-state index contributed by atoms with van der Waals surface area (Å²) in [4.78, 5) is 20.5. The number of ether oxygens (including phenoxy) is 1. The van der Waals surface area contributed by atoms with Gasteiger partial charge < -0.3 is 9.64 Å². The van der Waals surface area contributed by atoms with Crippen molar-refractivity contribution < 1.29 is 17.9 Å². The van der Waals surface area contributed by atoms with Crippen LogP contribution in [0.15, 0.2) is 35.5 Å². The number of sulfonamides is 1. The maximum absolute atomic E-state index is 13.5. The van der Waals surface area contributed by atoms with Gasteiger partial charge >= 0.3 is 0 Å². The summed E-state index contributed by atoms with van der Waals surface area (Å²) in [6.07, 6.45) is 10.5. The molecule has 7 rings (SSSR count). The molecule has 1 amide bonds. The first kappa shape index (κ1) is 27.7. The van der Waals surface area contributed by atoms with Gasteiger partial charge in [-0.25, -0.2) is 22.8 Å². The Morgan fingerprint density at radius 1 is 1.12 bits per heavy atom. The largest absolute Gasteiger partial charge is 0.473 e. The number of carbonyl (C=O) groups is 1. The lowest BCUT2D eigenvalue weighted by Gasteiger charge is -2.41. The van der Waals surface area contributed by atoms with Crippen molar-refractivity contribution in [2.24, 2.45) is 24.8 Å². The van der Waals surface area contributed by atoms with Crippen molar-refractivity contribution in [3.8, 4) is 11.7 Å². The Morgan fingerprint density at radius 2 is 1.88 bits per heavy atom. The summed E-state index contributed by atoms with van der Waals surface area (Å²) < 4.78 is 37.9. The minimum absolute atomic E-state index is 0.0372. The van der Waals surface area contributed by atoms with Gasteiger partial charge in [0, 0.05) is 37.6 Å². The van der Waals surface area contributed by atoms with Crippen molar-refractivity contribution >= 4 is 21.7 Å². The second kappa shape index (κ2) is 10.1. The number of nitrogens with zero attached hydrogens (tertiary/aromatic N) is 6. The zero-order valence-electron chi connectivity index (χ0n) is 24.4. The Balaban J connectivity index is 1.31. The second-order valence-corrected chi connectivity index (χ2v) is 14.4. The van der Waals surface area contributed by atoms with Crippen LogP contribution in [0.25, 0.3) is 5.82 Å². The molecule has 0 radical (unpaired) electrons. The molecule has 0 aromatic carbocycles. The summed E-state index contributed by atoms with van der Waals surface area (Å²) >= 11 is 0. The Bertz CT molecular complexity index is 1570. The molecule has 2 atom stereocenters. The van der Waals surface area contributed by atoms with Crippen molar-refractivity contribution in [3.63, 3.8) is 0 Å². The molecule has 220 valence electrons. The molecule has 1 saturated heterocycles. The summed E-state index contributed by atoms with van der Waals surface area (Å²) in [6.45, 7) is 8.67. The van der Waals surface area contributed by atoms with Crippen LogP contribution in [0.3, 0.4) is 0 Å². The lowest BCUT2D eigenvalue weighted by atomic mass is 9.69. The lowest BCUT2D eigenvalue weighted by molar-refractivity contribution is 0.0171. The highest BCUT2D eigenvalue weighted by Gasteiger charge is 2.40. The summed E-state index contributed by atoms with van der Waals surface area (Å²) in [5.74, 6) is 2.51. The Morgan fingerprint density at radius 3 is 2.49 bits per heavy atom. The van der Waals surface area contributed by atoms with Gasteiger partial charge in [-0.15, -0.1) is 5.10 Å². The molecule has 3 aromatic rings. The SMILES string of the molecule is Cc1nn(C)cc1S(=O)(=O)NC(=O)c1ccc(-n2ccc(O[C@@H]3CC4CCC3CC4)n2)nc1N1C[C@@H](C)CC1(C)C. The fourth-order valence-electron chi connectivity index (χ4n) is 7.10. The minimum atomic E-state index is -4.14. The molecule has 11 nitrogen and oxygen atoms in total. The van der Waals surface area contributed by atoms with Gasteiger partial charge in [0.2, 0.25) is 5.88 Å². The van der Waals surface area contributed by atoms with Gasteiger partial charge in [-0.05, 0) is 89.2 Å². The van der Waals surface area contributed by atoms with Crippen LogP contribution in [0.1, 0.15) is 75.3 Å². The second-order valence-electron chi connectivity index (χ2n) is 12.7. The van der Waals surface area contributed by atoms with Crippen molar-refractivity contribution in [2.45, 2.75) is 82.8 Å². The number of fused-ring (bicyclic) bond motifs is 3. The molecular formula is C29H39N7O4S. The molecule has 3 aromatic heterocycles. The Kier molecular flexibility index (Phi) is 6.87. The third-order valence-corrected chi connectivity index (χ3v) is 10.4. The van der Waals surface area contributed by atoms with Crippen LogP contribution in [-0.2, 0) is 17.1 Å². The quantitative estimate of drug-likeness (QED) is 0.444. The van der Waals surface area contributed by atoms with Crippen LogP contribution in [0.5, 0.6) is 5.88 Å². The normalized spacial score (nSPS) is 25.4. The fraction of sp³-hybridized carbons (Fsp3) is 0.586. The summed E-state index contributed by atoms with van der Waals surface area (Å²) in [5.41, 5.74) is 0.217. The average molecular weight is 582 g/mol. The summed E-state index contributed by atoms with van der Waals surface area (Å²) in [6, 6.07) is 5.17. The highest BCUT2D eigenvalue weighted by atomic mass is 32.2. The number of aromatic nitrogens is 5. The maximum atomic E-state index is 13.5. The van der Waals surface area contributed by atoms with Crippen molar-refractivity contribution in [1.29, 1.82) is 0 Å². The molecule has 4 heterocycles. The zero-order chi connectivity index (χ0) is 29.1. The highest BCUT2D eigenvalue weighted by molar-refractivity contribution is 7.90. The Labute approximate surface area is 241 Å². The smallest absolute Gasteiger partial charge is 0.268 e. The number of pyridine rings is 1. The van der Waals surface area contributed by atoms with E-state index in [4.69, 9.17) is 9.72 Å². The van der Waals surface area contributed by atoms with Crippen molar-refractivity contribution in [3.05, 3.63) is 41.9 Å². The first-order valence-corrected chi connectivity index (χ1v) is 16.0. The van der Waals surface area contributed by atoms with Crippen molar-refractivity contribution in [2.75, 3.05) is 11.4 Å². The van der Waals surface area contributed by atoms with Crippen LogP contribution in [0.2, 0.25) is 0 Å². The van der Waals surface area contributed by atoms with E-state index in [0.29, 0.717) is 41.6 Å². The third kappa shape index (κ3) is 5.33. The fourth-order valence-corrected chi connectivity index (χ4v) is 8.28. The van der Waals surface area contributed by atoms with E-state index in [1.807, 2.05) is 12.3 Å². The molecule has 1 aliphatic heterocycles. The van der Waals surface area contributed by atoms with Crippen LogP contribution >= 0.6 is 0 Å². The van der Waals surface area contributed by atoms with Crippen LogP contribution in [0.4, 0.5) is 5.82 Å². The van der Waals surface area contributed by atoms with E-state index in [1.54, 1.807) is 30.8 Å². The van der Waals surface area contributed by atoms with Gasteiger partial charge in [-0.2, -0.15) is 5.10 Å². The molecule has 1 N–H and O–H groups in total. The third-order valence-electron chi connectivity index (χ3n) is 8.97. The maximum Gasteiger partial charge on any atom is 0.268 e. The summed E-state index contributed by atoms with van der Waals surface area (Å²) in [5, 5.41) is 8.78. The van der Waals surface area contributed by atoms with Gasteiger partial charge in [0.1, 0.15) is 16.8 Å². The number of aryl methyl sites for hydroxylation is 2. The van der Waals surface area contributed by atoms with E-state index in [1.165, 1.54) is 36.6 Å². The lowest BCUT2D eigenvalue weighted by Crippen LogP contribution is -2.41. The highest BCUT2D eigenvalue weighted by Crippen LogP contribution is 2.43. The number of rotatable bonds is 7. The van der Waals surface area contributed by atoms with Gasteiger partial charge in [0.25, 0.3) is 15.9 Å². The van der Waals surface area contributed by atoms with Gasteiger partial charge in [-0.3, -0.25) is 9.48 Å². The first-order chi connectivity index (χ1) is 19.4. The molecule has 4 fully saturated rings.